The Hall–Kier alpha value is -0.370. The van der Waals surface area contributed by atoms with Crippen LogP contribution in [0.5, 0.6) is 0 Å². The summed E-state index contributed by atoms with van der Waals surface area (Å²) >= 11 is 3.08. The molecule has 40 valence electrons. The molecule has 0 saturated carbocycles. The molecule has 0 bridgehead atoms. The maximum Gasteiger partial charge on any atom is 0.0929 e. The first-order valence-electron chi connectivity index (χ1n) is 2.20. The van der Waals surface area contributed by atoms with Crippen LogP contribution in [-0.2, 0) is 0 Å². The summed E-state index contributed by atoms with van der Waals surface area (Å²) in [6.07, 6.45) is 3.45. The van der Waals surface area contributed by atoms with Gasteiger partial charge in [-0.1, -0.05) is 15.9 Å². The standard InChI is InChI=1S/C6H4BrN/c7-5-6-1-3-8-4-2-6/h1-4H. The van der Waals surface area contributed by atoms with Crippen molar-refractivity contribution in [1.82, 2.24) is 4.98 Å². The topological polar surface area (TPSA) is 12.9 Å². The van der Waals surface area contributed by atoms with E-state index >= 15 is 0 Å². The van der Waals surface area contributed by atoms with Gasteiger partial charge in [0.2, 0.25) is 0 Å². The molecule has 1 aromatic rings. The molecule has 2 radical (unpaired) electrons. The number of nitrogens with zero attached hydrogens (tertiary/aromatic N) is 1. The Morgan fingerprint density at radius 2 is 2.00 bits per heavy atom. The zero-order chi connectivity index (χ0) is 5.82. The third kappa shape index (κ3) is 1.30. The summed E-state index contributed by atoms with van der Waals surface area (Å²) in [5, 5.41) is 2.80. The lowest BCUT2D eigenvalue weighted by Crippen LogP contribution is -1.72. The Kier molecular flexibility index (Phi) is 2.03. The summed E-state index contributed by atoms with van der Waals surface area (Å²) in [5.74, 6) is 0. The third-order valence-corrected chi connectivity index (χ3v) is 1.25. The lowest BCUT2D eigenvalue weighted by atomic mass is 10.3. The molecule has 0 spiro atoms. The summed E-state index contributed by atoms with van der Waals surface area (Å²) in [6.45, 7) is 0. The van der Waals surface area contributed by atoms with Gasteiger partial charge in [0, 0.05) is 12.4 Å². The Balaban J connectivity index is 2.83. The predicted molar refractivity (Wildman–Crippen MR) is 35.5 cm³/mol. The Labute approximate surface area is 56.9 Å². The van der Waals surface area contributed by atoms with Crippen LogP contribution in [-0.4, -0.2) is 4.98 Å². The van der Waals surface area contributed by atoms with Crippen LogP contribution in [0.25, 0.3) is 0 Å². The molecule has 0 N–H and O–H groups in total. The van der Waals surface area contributed by atoms with Gasteiger partial charge in [0.1, 0.15) is 0 Å². The molecule has 2 heteroatoms. The van der Waals surface area contributed by atoms with Gasteiger partial charge in [-0.25, -0.2) is 0 Å². The normalized spacial score (nSPS) is 9.12. The highest BCUT2D eigenvalue weighted by atomic mass is 79.9. The fraction of sp³-hybridized carbons (Fsp3) is 0. The molecule has 0 fully saturated rings. The van der Waals surface area contributed by atoms with E-state index in [1.165, 1.54) is 0 Å². The molecule has 0 aliphatic heterocycles. The van der Waals surface area contributed by atoms with Crippen LogP contribution in [0, 0.1) is 5.33 Å². The van der Waals surface area contributed by atoms with E-state index in [0.717, 1.165) is 5.56 Å². The summed E-state index contributed by atoms with van der Waals surface area (Å²) < 4.78 is 0. The van der Waals surface area contributed by atoms with Gasteiger partial charge < -0.3 is 0 Å². The van der Waals surface area contributed by atoms with Crippen LogP contribution in [0.4, 0.5) is 0 Å². The van der Waals surface area contributed by atoms with E-state index < -0.39 is 0 Å². The number of rotatable bonds is 1. The lowest BCUT2D eigenvalue weighted by Gasteiger charge is -1.86. The van der Waals surface area contributed by atoms with Crippen molar-refractivity contribution in [2.75, 3.05) is 0 Å². The molecular weight excluding hydrogens is 166 g/mol. The Morgan fingerprint density at radius 1 is 1.38 bits per heavy atom. The summed E-state index contributed by atoms with van der Waals surface area (Å²) in [4.78, 5) is 3.83. The summed E-state index contributed by atoms with van der Waals surface area (Å²) in [5.41, 5.74) is 1.01. The predicted octanol–water partition coefficient (Wildman–Crippen LogP) is 1.86. The van der Waals surface area contributed by atoms with Crippen LogP contribution < -0.4 is 0 Å². The Morgan fingerprint density at radius 3 is 2.38 bits per heavy atom. The van der Waals surface area contributed by atoms with E-state index in [1.807, 2.05) is 12.1 Å². The van der Waals surface area contributed by atoms with E-state index in [-0.39, 0.29) is 0 Å². The fourth-order valence-corrected chi connectivity index (χ4v) is 0.679. The average molecular weight is 170 g/mol. The monoisotopic (exact) mass is 169 g/mol. The fourth-order valence-electron chi connectivity index (χ4n) is 0.415. The largest absolute Gasteiger partial charge is 0.265 e. The molecule has 0 atom stereocenters. The van der Waals surface area contributed by atoms with Crippen LogP contribution in [0.1, 0.15) is 5.56 Å². The van der Waals surface area contributed by atoms with E-state index in [0.29, 0.717) is 0 Å². The zero-order valence-electron chi connectivity index (χ0n) is 4.13. The van der Waals surface area contributed by atoms with Crippen molar-refractivity contribution in [3.05, 3.63) is 35.4 Å². The molecule has 1 rings (SSSR count). The lowest BCUT2D eigenvalue weighted by molar-refractivity contribution is 1.31. The first-order chi connectivity index (χ1) is 3.93. The van der Waals surface area contributed by atoms with Gasteiger partial charge in [0.25, 0.3) is 0 Å². The number of hydrogen-bond donors (Lipinski definition) is 0. The highest BCUT2D eigenvalue weighted by Gasteiger charge is 1.83. The minimum Gasteiger partial charge on any atom is -0.265 e. The maximum absolute atomic E-state index is 3.83. The highest BCUT2D eigenvalue weighted by molar-refractivity contribution is 9.10. The zero-order valence-corrected chi connectivity index (χ0v) is 5.72. The minimum absolute atomic E-state index is 1.01. The SMILES string of the molecule is Br[C]c1ccncc1. The molecule has 0 aliphatic rings. The summed E-state index contributed by atoms with van der Waals surface area (Å²) in [6, 6.07) is 3.74. The first kappa shape index (κ1) is 5.76. The highest BCUT2D eigenvalue weighted by Crippen LogP contribution is 2.03. The van der Waals surface area contributed by atoms with Gasteiger partial charge >= 0.3 is 0 Å². The van der Waals surface area contributed by atoms with Gasteiger partial charge in [-0.3, -0.25) is 4.98 Å². The van der Waals surface area contributed by atoms with E-state index in [9.17, 15) is 0 Å². The molecule has 0 amide bonds. The Bertz CT molecular complexity index is 150. The van der Waals surface area contributed by atoms with E-state index in [1.54, 1.807) is 12.4 Å². The molecule has 0 aromatic carbocycles. The number of aromatic nitrogens is 1. The van der Waals surface area contributed by atoms with Crippen molar-refractivity contribution >= 4 is 15.9 Å². The van der Waals surface area contributed by atoms with Gasteiger partial charge in [0.05, 0.1) is 5.33 Å². The summed E-state index contributed by atoms with van der Waals surface area (Å²) in [7, 11) is 0. The second-order valence-electron chi connectivity index (χ2n) is 1.33. The maximum atomic E-state index is 3.83. The van der Waals surface area contributed by atoms with Crippen LogP contribution >= 0.6 is 15.9 Å². The molecule has 8 heavy (non-hydrogen) atoms. The minimum atomic E-state index is 1.01. The smallest absolute Gasteiger partial charge is 0.0929 e. The first-order valence-corrected chi connectivity index (χ1v) is 2.99. The molecule has 1 heterocycles. The molecule has 1 nitrogen and oxygen atoms in total. The number of halogens is 1. The van der Waals surface area contributed by atoms with Gasteiger partial charge in [-0.05, 0) is 17.7 Å². The molecule has 1 aromatic heterocycles. The van der Waals surface area contributed by atoms with Gasteiger partial charge in [-0.2, -0.15) is 0 Å². The van der Waals surface area contributed by atoms with Gasteiger partial charge in [-0.15, -0.1) is 0 Å². The molecule has 0 saturated heterocycles. The van der Waals surface area contributed by atoms with E-state index in [2.05, 4.69) is 26.2 Å². The van der Waals surface area contributed by atoms with Crippen molar-refractivity contribution in [3.63, 3.8) is 0 Å². The number of hydrogen-bond acceptors (Lipinski definition) is 1. The van der Waals surface area contributed by atoms with Crippen molar-refractivity contribution in [1.29, 1.82) is 0 Å². The van der Waals surface area contributed by atoms with Crippen molar-refractivity contribution < 1.29 is 0 Å². The van der Waals surface area contributed by atoms with Crippen molar-refractivity contribution in [2.24, 2.45) is 0 Å². The van der Waals surface area contributed by atoms with Crippen LogP contribution in [0.15, 0.2) is 24.5 Å². The van der Waals surface area contributed by atoms with E-state index in [4.69, 9.17) is 0 Å². The van der Waals surface area contributed by atoms with Gasteiger partial charge in [0.15, 0.2) is 0 Å². The second kappa shape index (κ2) is 2.82. The number of pyridine rings is 1. The molecule has 0 aliphatic carbocycles. The van der Waals surface area contributed by atoms with Crippen molar-refractivity contribution in [3.8, 4) is 0 Å². The molecular formula is C6H4BrN. The van der Waals surface area contributed by atoms with Crippen LogP contribution in [0.3, 0.4) is 0 Å². The average Bonchev–Trinajstić information content (AvgIpc) is 1.90. The third-order valence-electron chi connectivity index (χ3n) is 0.789. The molecule has 0 unspecified atom stereocenters. The quantitative estimate of drug-likeness (QED) is 0.626. The van der Waals surface area contributed by atoms with Crippen molar-refractivity contribution in [2.45, 2.75) is 0 Å². The van der Waals surface area contributed by atoms with Crippen LogP contribution in [0.2, 0.25) is 0 Å². The second-order valence-corrected chi connectivity index (χ2v) is 1.73.